The first-order valence-electron chi connectivity index (χ1n) is 9.60. The van der Waals surface area contributed by atoms with Crippen LogP contribution in [0.2, 0.25) is 0 Å². The Kier molecular flexibility index (Phi) is 6.35. The molecule has 0 atom stereocenters. The third-order valence-corrected chi connectivity index (χ3v) is 4.33. The van der Waals surface area contributed by atoms with Crippen molar-refractivity contribution in [1.82, 2.24) is 0 Å². The molecule has 0 fully saturated rings. The topological polar surface area (TPSA) is 55.8 Å². The Morgan fingerprint density at radius 2 is 1.62 bits per heavy atom. The van der Waals surface area contributed by atoms with Crippen molar-refractivity contribution in [3.63, 3.8) is 0 Å². The number of benzene rings is 3. The van der Waals surface area contributed by atoms with E-state index in [0.29, 0.717) is 17.9 Å². The summed E-state index contributed by atoms with van der Waals surface area (Å²) in [5, 5.41) is 9.83. The van der Waals surface area contributed by atoms with Crippen LogP contribution < -0.4 is 4.74 Å². The van der Waals surface area contributed by atoms with Crippen LogP contribution in [0.3, 0.4) is 0 Å². The largest absolute Gasteiger partial charge is 0.489 e. The summed E-state index contributed by atoms with van der Waals surface area (Å²) in [4.78, 5) is 12.2. The van der Waals surface area contributed by atoms with Crippen molar-refractivity contribution in [1.29, 1.82) is 0 Å². The minimum atomic E-state index is -0.532. The fourth-order valence-electron chi connectivity index (χ4n) is 2.94. The van der Waals surface area contributed by atoms with Crippen molar-refractivity contribution in [2.45, 2.75) is 39.6 Å². The van der Waals surface area contributed by atoms with E-state index in [-0.39, 0.29) is 12.6 Å². The molecule has 0 unspecified atom stereocenters. The van der Waals surface area contributed by atoms with E-state index in [1.54, 1.807) is 12.1 Å². The quantitative estimate of drug-likeness (QED) is 0.574. The molecule has 0 bridgehead atoms. The van der Waals surface area contributed by atoms with Crippen molar-refractivity contribution in [3.05, 3.63) is 89.5 Å². The first kappa shape index (κ1) is 20.6. The molecule has 4 heteroatoms. The molecule has 0 aliphatic rings. The number of hydrogen-bond donors (Lipinski definition) is 1. The Morgan fingerprint density at radius 3 is 2.24 bits per heavy atom. The summed E-state index contributed by atoms with van der Waals surface area (Å²) in [6, 6.07) is 22.8. The monoisotopic (exact) mass is 390 g/mol. The van der Waals surface area contributed by atoms with Crippen LogP contribution in [0.25, 0.3) is 11.1 Å². The molecular weight excluding hydrogens is 364 g/mol. The number of hydrogen-bond acceptors (Lipinski definition) is 4. The normalized spacial score (nSPS) is 11.2. The Morgan fingerprint density at radius 1 is 0.931 bits per heavy atom. The highest BCUT2D eigenvalue weighted by Crippen LogP contribution is 2.28. The Balaban J connectivity index is 1.75. The van der Waals surface area contributed by atoms with Gasteiger partial charge in [0.15, 0.2) is 0 Å². The van der Waals surface area contributed by atoms with Crippen LogP contribution in [-0.4, -0.2) is 16.7 Å². The number of carbonyl (C=O) groups excluding carboxylic acids is 1. The highest BCUT2D eigenvalue weighted by molar-refractivity contribution is 5.90. The Hall–Kier alpha value is -3.11. The smallest absolute Gasteiger partial charge is 0.338 e. The fourth-order valence-corrected chi connectivity index (χ4v) is 2.94. The molecule has 0 radical (unpaired) electrons. The van der Waals surface area contributed by atoms with E-state index < -0.39 is 5.60 Å². The van der Waals surface area contributed by atoms with Crippen LogP contribution in [0.15, 0.2) is 72.8 Å². The van der Waals surface area contributed by atoms with Gasteiger partial charge in [-0.1, -0.05) is 48.5 Å². The van der Waals surface area contributed by atoms with E-state index in [1.807, 2.05) is 81.4 Å². The van der Waals surface area contributed by atoms with Crippen molar-refractivity contribution in [2.75, 3.05) is 0 Å². The summed E-state index contributed by atoms with van der Waals surface area (Å²) < 4.78 is 11.2. The van der Waals surface area contributed by atoms with E-state index in [9.17, 15) is 9.90 Å². The standard InChI is InChI=1S/C25H26O4/c1-25(2,3)29-24(27)20-11-9-19(10-12-20)23-14-13-22(15-21(23)16-26)28-17-18-7-5-4-6-8-18/h4-15,26H,16-17H2,1-3H3. The fraction of sp³-hybridized carbons (Fsp3) is 0.240. The molecule has 150 valence electrons. The molecular formula is C25H26O4. The van der Waals surface area contributed by atoms with E-state index in [0.717, 1.165) is 22.3 Å². The summed E-state index contributed by atoms with van der Waals surface area (Å²) in [6.45, 7) is 5.89. The van der Waals surface area contributed by atoms with Gasteiger partial charge in [0.05, 0.1) is 12.2 Å². The third-order valence-electron chi connectivity index (χ3n) is 4.33. The van der Waals surface area contributed by atoms with Crippen LogP contribution in [0, 0.1) is 0 Å². The second kappa shape index (κ2) is 8.93. The van der Waals surface area contributed by atoms with Gasteiger partial charge in [0.1, 0.15) is 18.0 Å². The molecule has 0 aliphatic heterocycles. The number of rotatable bonds is 6. The van der Waals surface area contributed by atoms with Crippen LogP contribution in [0.4, 0.5) is 0 Å². The number of carbonyl (C=O) groups is 1. The van der Waals surface area contributed by atoms with E-state index in [1.165, 1.54) is 0 Å². The predicted molar refractivity (Wildman–Crippen MR) is 114 cm³/mol. The minimum Gasteiger partial charge on any atom is -0.489 e. The van der Waals surface area contributed by atoms with Crippen molar-refractivity contribution in [2.24, 2.45) is 0 Å². The molecule has 29 heavy (non-hydrogen) atoms. The molecule has 4 nitrogen and oxygen atoms in total. The molecule has 1 N–H and O–H groups in total. The number of aliphatic hydroxyl groups is 1. The van der Waals surface area contributed by atoms with Gasteiger partial charge in [-0.15, -0.1) is 0 Å². The SMILES string of the molecule is CC(C)(C)OC(=O)c1ccc(-c2ccc(OCc3ccccc3)cc2CO)cc1. The molecule has 0 saturated heterocycles. The molecule has 0 aliphatic carbocycles. The lowest BCUT2D eigenvalue weighted by atomic mass is 9.98. The van der Waals surface area contributed by atoms with Crippen LogP contribution in [0.5, 0.6) is 5.75 Å². The molecule has 0 amide bonds. The first-order chi connectivity index (χ1) is 13.9. The van der Waals surface area contributed by atoms with Crippen LogP contribution >= 0.6 is 0 Å². The van der Waals surface area contributed by atoms with Gasteiger partial charge in [-0.3, -0.25) is 0 Å². The summed E-state index contributed by atoms with van der Waals surface area (Å²) in [6.07, 6.45) is 0. The van der Waals surface area contributed by atoms with Gasteiger partial charge in [-0.05, 0) is 67.3 Å². The molecule has 0 spiro atoms. The summed E-state index contributed by atoms with van der Waals surface area (Å²) in [7, 11) is 0. The molecule has 3 aromatic rings. The van der Waals surface area contributed by atoms with Gasteiger partial charge < -0.3 is 14.6 Å². The number of esters is 1. The van der Waals surface area contributed by atoms with Crippen molar-refractivity contribution >= 4 is 5.97 Å². The van der Waals surface area contributed by atoms with Gasteiger partial charge >= 0.3 is 5.97 Å². The zero-order valence-corrected chi connectivity index (χ0v) is 17.0. The average molecular weight is 390 g/mol. The lowest BCUT2D eigenvalue weighted by Crippen LogP contribution is -2.23. The van der Waals surface area contributed by atoms with Crippen molar-refractivity contribution in [3.8, 4) is 16.9 Å². The third kappa shape index (κ3) is 5.69. The number of ether oxygens (including phenoxy) is 2. The molecule has 3 rings (SSSR count). The zero-order valence-electron chi connectivity index (χ0n) is 17.0. The minimum absolute atomic E-state index is 0.105. The zero-order chi connectivity index (χ0) is 20.9. The molecule has 0 aromatic heterocycles. The maximum Gasteiger partial charge on any atom is 0.338 e. The van der Waals surface area contributed by atoms with E-state index in [4.69, 9.17) is 9.47 Å². The Labute approximate surface area is 171 Å². The van der Waals surface area contributed by atoms with Gasteiger partial charge in [-0.25, -0.2) is 4.79 Å². The van der Waals surface area contributed by atoms with Crippen LogP contribution in [-0.2, 0) is 18.0 Å². The molecule has 3 aromatic carbocycles. The second-order valence-corrected chi connectivity index (χ2v) is 7.83. The highest BCUT2D eigenvalue weighted by atomic mass is 16.6. The first-order valence-corrected chi connectivity index (χ1v) is 9.60. The lowest BCUT2D eigenvalue weighted by molar-refractivity contribution is 0.00695. The van der Waals surface area contributed by atoms with Crippen LogP contribution in [0.1, 0.15) is 42.3 Å². The van der Waals surface area contributed by atoms with Crippen molar-refractivity contribution < 1.29 is 19.4 Å². The Bertz CT molecular complexity index is 954. The van der Waals surface area contributed by atoms with Gasteiger partial charge in [0.25, 0.3) is 0 Å². The number of aliphatic hydroxyl groups excluding tert-OH is 1. The summed E-state index contributed by atoms with van der Waals surface area (Å²) >= 11 is 0. The second-order valence-electron chi connectivity index (χ2n) is 7.83. The van der Waals surface area contributed by atoms with Gasteiger partial charge in [-0.2, -0.15) is 0 Å². The summed E-state index contributed by atoms with van der Waals surface area (Å²) in [5.41, 5.74) is 3.62. The van der Waals surface area contributed by atoms with Gasteiger partial charge in [0, 0.05) is 0 Å². The highest BCUT2D eigenvalue weighted by Gasteiger charge is 2.18. The lowest BCUT2D eigenvalue weighted by Gasteiger charge is -2.19. The van der Waals surface area contributed by atoms with E-state index >= 15 is 0 Å². The molecule has 0 saturated carbocycles. The maximum absolute atomic E-state index is 12.2. The maximum atomic E-state index is 12.2. The predicted octanol–water partition coefficient (Wildman–Crippen LogP) is 5.38. The van der Waals surface area contributed by atoms with E-state index in [2.05, 4.69) is 0 Å². The van der Waals surface area contributed by atoms with Gasteiger partial charge in [0.2, 0.25) is 0 Å². The molecule has 0 heterocycles. The summed E-state index contributed by atoms with van der Waals surface area (Å²) in [5.74, 6) is 0.350. The average Bonchev–Trinajstić information content (AvgIpc) is 2.71.